The highest BCUT2D eigenvalue weighted by molar-refractivity contribution is 5.85. The first-order chi connectivity index (χ1) is 14.6. The summed E-state index contributed by atoms with van der Waals surface area (Å²) in [5.74, 6) is 2.47. The minimum atomic E-state index is -0.349. The summed E-state index contributed by atoms with van der Waals surface area (Å²) in [6.45, 7) is 6.18. The fourth-order valence-corrected chi connectivity index (χ4v) is 5.90. The highest BCUT2D eigenvalue weighted by Gasteiger charge is 2.36. The van der Waals surface area contributed by atoms with E-state index in [0.29, 0.717) is 34.6 Å². The van der Waals surface area contributed by atoms with Crippen molar-refractivity contribution in [2.75, 3.05) is 6.61 Å². The third-order valence-corrected chi connectivity index (χ3v) is 7.49. The Bertz CT molecular complexity index is 890. The molecule has 2 aliphatic rings. The van der Waals surface area contributed by atoms with E-state index in [-0.39, 0.29) is 17.6 Å². The fraction of sp³-hybridized carbons (Fsp3) is 0.556. The van der Waals surface area contributed by atoms with Gasteiger partial charge in [-0.3, -0.25) is 0 Å². The second kappa shape index (κ2) is 9.49. The van der Waals surface area contributed by atoms with E-state index >= 15 is 4.39 Å². The summed E-state index contributed by atoms with van der Waals surface area (Å²) >= 11 is 0. The molecule has 0 aromatic heterocycles. The molecule has 4 rings (SSSR count). The van der Waals surface area contributed by atoms with Crippen LogP contribution in [0.5, 0.6) is 5.75 Å². The number of halogens is 2. The smallest absolute Gasteiger partial charge is 0.134 e. The Labute approximate surface area is 179 Å². The van der Waals surface area contributed by atoms with Crippen molar-refractivity contribution < 1.29 is 13.5 Å². The van der Waals surface area contributed by atoms with Crippen LogP contribution in [0, 0.1) is 29.4 Å². The van der Waals surface area contributed by atoms with E-state index in [1.54, 1.807) is 18.2 Å². The monoisotopic (exact) mass is 412 g/mol. The van der Waals surface area contributed by atoms with E-state index in [4.69, 9.17) is 4.74 Å². The van der Waals surface area contributed by atoms with Gasteiger partial charge in [0, 0.05) is 11.5 Å². The lowest BCUT2D eigenvalue weighted by molar-refractivity contribution is 0.112. The van der Waals surface area contributed by atoms with Crippen molar-refractivity contribution in [2.45, 2.75) is 70.6 Å². The van der Waals surface area contributed by atoms with Gasteiger partial charge in [-0.25, -0.2) is 8.78 Å². The molecule has 0 aliphatic heterocycles. The van der Waals surface area contributed by atoms with Crippen molar-refractivity contribution in [3.05, 3.63) is 54.1 Å². The quantitative estimate of drug-likeness (QED) is 0.417. The molecule has 4 atom stereocenters. The maximum absolute atomic E-state index is 15.1. The summed E-state index contributed by atoms with van der Waals surface area (Å²) in [4.78, 5) is 0. The highest BCUT2D eigenvalue weighted by atomic mass is 19.1. The first-order valence-electron chi connectivity index (χ1n) is 11.8. The summed E-state index contributed by atoms with van der Waals surface area (Å²) in [5, 5.41) is 1.04. The standard InChI is InChI=1S/C27H34F2O/c1-3-5-6-18-7-8-20-13-21(10-9-19(20)12-18)24-17-25-22(15-26(24)28)14-23(16-27(25)29)30-11-4-2/h4,14-21H,2-3,5-13H2,1H3/t18?,19-,20?,21-/m1/s1. The molecule has 2 aliphatic carbocycles. The van der Waals surface area contributed by atoms with Gasteiger partial charge < -0.3 is 4.74 Å². The topological polar surface area (TPSA) is 9.23 Å². The van der Waals surface area contributed by atoms with Crippen LogP contribution in [0.2, 0.25) is 0 Å². The van der Waals surface area contributed by atoms with Crippen LogP contribution >= 0.6 is 0 Å². The van der Waals surface area contributed by atoms with Crippen molar-refractivity contribution in [1.29, 1.82) is 0 Å². The van der Waals surface area contributed by atoms with Crippen LogP contribution in [0.3, 0.4) is 0 Å². The van der Waals surface area contributed by atoms with Crippen LogP contribution in [-0.2, 0) is 0 Å². The lowest BCUT2D eigenvalue weighted by Crippen LogP contribution is -2.30. The number of hydrogen-bond donors (Lipinski definition) is 0. The van der Waals surface area contributed by atoms with Crippen LogP contribution in [-0.4, -0.2) is 6.61 Å². The predicted octanol–water partition coefficient (Wildman–Crippen LogP) is 8.17. The molecule has 0 N–H and O–H groups in total. The summed E-state index contributed by atoms with van der Waals surface area (Å²) < 4.78 is 35.2. The Morgan fingerprint density at radius 1 is 1.00 bits per heavy atom. The van der Waals surface area contributed by atoms with Gasteiger partial charge in [-0.2, -0.15) is 0 Å². The summed E-state index contributed by atoms with van der Waals surface area (Å²) in [5.41, 5.74) is 0.702. The van der Waals surface area contributed by atoms with Gasteiger partial charge in [-0.05, 0) is 84.9 Å². The average Bonchev–Trinajstić information content (AvgIpc) is 2.75. The molecule has 0 bridgehead atoms. The lowest BCUT2D eigenvalue weighted by Gasteiger charge is -2.42. The second-order valence-corrected chi connectivity index (χ2v) is 9.45. The molecule has 30 heavy (non-hydrogen) atoms. The van der Waals surface area contributed by atoms with Crippen LogP contribution in [0.25, 0.3) is 10.8 Å². The van der Waals surface area contributed by atoms with Gasteiger partial charge in [0.2, 0.25) is 0 Å². The van der Waals surface area contributed by atoms with Gasteiger partial charge in [-0.1, -0.05) is 45.3 Å². The molecule has 162 valence electrons. The minimum absolute atomic E-state index is 0.206. The molecule has 0 amide bonds. The lowest BCUT2D eigenvalue weighted by atomic mass is 9.63. The number of hydrogen-bond acceptors (Lipinski definition) is 1. The molecule has 3 heteroatoms. The molecule has 2 unspecified atom stereocenters. The van der Waals surface area contributed by atoms with Gasteiger partial charge in [-0.15, -0.1) is 0 Å². The van der Waals surface area contributed by atoms with Gasteiger partial charge in [0.15, 0.2) is 0 Å². The molecule has 0 saturated heterocycles. The van der Waals surface area contributed by atoms with Gasteiger partial charge >= 0.3 is 0 Å². The van der Waals surface area contributed by atoms with Crippen molar-refractivity contribution in [3.63, 3.8) is 0 Å². The van der Waals surface area contributed by atoms with E-state index in [1.807, 2.05) is 0 Å². The Hall–Kier alpha value is -1.90. The largest absolute Gasteiger partial charge is 0.489 e. The number of rotatable bonds is 7. The van der Waals surface area contributed by atoms with Crippen LogP contribution in [0.1, 0.15) is 76.2 Å². The highest BCUT2D eigenvalue weighted by Crippen LogP contribution is 2.49. The van der Waals surface area contributed by atoms with Crippen molar-refractivity contribution in [2.24, 2.45) is 17.8 Å². The maximum Gasteiger partial charge on any atom is 0.134 e. The number of fused-ring (bicyclic) bond motifs is 2. The third-order valence-electron chi connectivity index (χ3n) is 7.49. The number of unbranched alkanes of at least 4 members (excludes halogenated alkanes) is 1. The molecular weight excluding hydrogens is 378 g/mol. The van der Waals surface area contributed by atoms with Crippen molar-refractivity contribution in [3.8, 4) is 5.75 Å². The van der Waals surface area contributed by atoms with E-state index in [0.717, 1.165) is 24.7 Å². The zero-order chi connectivity index (χ0) is 21.1. The molecule has 2 fully saturated rings. The molecule has 0 spiro atoms. The first kappa shape index (κ1) is 21.3. The Kier molecular flexibility index (Phi) is 6.75. The van der Waals surface area contributed by atoms with Crippen molar-refractivity contribution >= 4 is 10.8 Å². The average molecular weight is 413 g/mol. The van der Waals surface area contributed by atoms with Gasteiger partial charge in [0.25, 0.3) is 0 Å². The molecule has 2 saturated carbocycles. The number of ether oxygens (including phenoxy) is 1. The summed E-state index contributed by atoms with van der Waals surface area (Å²) in [7, 11) is 0. The van der Waals surface area contributed by atoms with Crippen molar-refractivity contribution in [1.82, 2.24) is 0 Å². The van der Waals surface area contributed by atoms with Crippen LogP contribution in [0.15, 0.2) is 36.9 Å². The molecule has 2 aromatic carbocycles. The zero-order valence-electron chi connectivity index (χ0n) is 18.1. The third kappa shape index (κ3) is 4.55. The maximum atomic E-state index is 15.1. The zero-order valence-corrected chi connectivity index (χ0v) is 18.1. The summed E-state index contributed by atoms with van der Waals surface area (Å²) in [6.07, 6.45) is 12.8. The summed E-state index contributed by atoms with van der Waals surface area (Å²) in [6, 6.07) is 6.35. The van der Waals surface area contributed by atoms with Gasteiger partial charge in [0.05, 0.1) is 0 Å². The molecule has 2 aromatic rings. The normalized spacial score (nSPS) is 26.4. The predicted molar refractivity (Wildman–Crippen MR) is 120 cm³/mol. The number of benzene rings is 2. The molecule has 0 heterocycles. The minimum Gasteiger partial charge on any atom is -0.489 e. The van der Waals surface area contributed by atoms with E-state index in [9.17, 15) is 4.39 Å². The van der Waals surface area contributed by atoms with Crippen LogP contribution in [0.4, 0.5) is 8.78 Å². The molecule has 0 radical (unpaired) electrons. The van der Waals surface area contributed by atoms with Gasteiger partial charge in [0.1, 0.15) is 24.0 Å². The van der Waals surface area contributed by atoms with E-state index in [2.05, 4.69) is 13.5 Å². The molecule has 1 nitrogen and oxygen atoms in total. The van der Waals surface area contributed by atoms with E-state index in [1.165, 1.54) is 57.1 Å². The van der Waals surface area contributed by atoms with Crippen LogP contribution < -0.4 is 4.74 Å². The fourth-order valence-electron chi connectivity index (χ4n) is 5.90. The first-order valence-corrected chi connectivity index (χ1v) is 11.8. The Balaban J connectivity index is 1.50. The molecular formula is C27H34F2O. The second-order valence-electron chi connectivity index (χ2n) is 9.45. The SMILES string of the molecule is C=CCOc1cc(F)c2cc([C@@H]3CC[C@@H]4CC(CCCC)CCC4C3)c(F)cc2c1. The van der Waals surface area contributed by atoms with E-state index < -0.39 is 0 Å². The Morgan fingerprint density at radius 3 is 2.60 bits per heavy atom. The Morgan fingerprint density at radius 2 is 1.80 bits per heavy atom.